The Bertz CT molecular complexity index is 700. The number of hydrogen-bond donors (Lipinski definition) is 3. The first-order valence-electron chi connectivity index (χ1n) is 10.3. The van der Waals surface area contributed by atoms with Gasteiger partial charge in [-0.3, -0.25) is 9.59 Å². The van der Waals surface area contributed by atoms with E-state index in [0.717, 1.165) is 31.2 Å². The molecule has 1 aliphatic rings. The lowest BCUT2D eigenvalue weighted by atomic mass is 9.76. The van der Waals surface area contributed by atoms with Gasteiger partial charge < -0.3 is 20.3 Å². The molecule has 0 aliphatic carbocycles. The van der Waals surface area contributed by atoms with Gasteiger partial charge >= 0.3 is 7.12 Å². The Morgan fingerprint density at radius 2 is 1.93 bits per heavy atom. The third-order valence-corrected chi connectivity index (χ3v) is 5.51. The molecule has 1 aliphatic heterocycles. The number of rotatable bonds is 9. The molecule has 0 saturated carbocycles. The third kappa shape index (κ3) is 7.52. The van der Waals surface area contributed by atoms with Crippen LogP contribution in [0.2, 0.25) is 0 Å². The molecular formula is C21H30BN3O4. The molecule has 1 heterocycles. The molecule has 1 fully saturated rings. The normalized spacial score (nSPS) is 16.6. The molecule has 1 saturated heterocycles. The van der Waals surface area contributed by atoms with Gasteiger partial charge in [-0.25, -0.2) is 0 Å². The molecule has 2 rings (SSSR count). The van der Waals surface area contributed by atoms with Crippen molar-refractivity contribution in [3.8, 4) is 6.07 Å². The highest BCUT2D eigenvalue weighted by atomic mass is 16.4. The van der Waals surface area contributed by atoms with Crippen LogP contribution in [0.1, 0.15) is 44.6 Å². The van der Waals surface area contributed by atoms with Crippen molar-refractivity contribution < 1.29 is 19.6 Å². The molecule has 2 amide bonds. The van der Waals surface area contributed by atoms with Gasteiger partial charge in [-0.2, -0.15) is 5.26 Å². The number of nitrogens with one attached hydrogen (secondary N) is 1. The van der Waals surface area contributed by atoms with Crippen LogP contribution in [0.3, 0.4) is 0 Å². The van der Waals surface area contributed by atoms with E-state index < -0.39 is 19.0 Å². The largest absolute Gasteiger partial charge is 0.475 e. The van der Waals surface area contributed by atoms with Gasteiger partial charge in [0, 0.05) is 19.5 Å². The first kappa shape index (κ1) is 22.9. The molecule has 0 aromatic heterocycles. The minimum Gasteiger partial charge on any atom is -0.426 e. The molecule has 3 N–H and O–H groups in total. The molecule has 2 atom stereocenters. The lowest BCUT2D eigenvalue weighted by molar-refractivity contribution is -0.134. The van der Waals surface area contributed by atoms with E-state index in [-0.39, 0.29) is 11.8 Å². The number of nitrogens with zero attached hydrogens (tertiary/aromatic N) is 2. The summed E-state index contributed by atoms with van der Waals surface area (Å²) < 4.78 is 0. The Hall–Kier alpha value is -2.37. The van der Waals surface area contributed by atoms with Crippen LogP contribution in [-0.2, 0) is 16.0 Å². The highest BCUT2D eigenvalue weighted by Crippen LogP contribution is 2.23. The van der Waals surface area contributed by atoms with Crippen LogP contribution in [0.5, 0.6) is 0 Å². The number of nitriles is 1. The average Bonchev–Trinajstić information content (AvgIpc) is 2.73. The minimum atomic E-state index is -1.61. The van der Waals surface area contributed by atoms with Crippen molar-refractivity contribution in [2.45, 2.75) is 51.4 Å². The van der Waals surface area contributed by atoms with E-state index in [1.807, 2.05) is 36.4 Å². The van der Waals surface area contributed by atoms with Crippen LogP contribution >= 0.6 is 0 Å². The summed E-state index contributed by atoms with van der Waals surface area (Å²) >= 11 is 0. The molecule has 2 unspecified atom stereocenters. The van der Waals surface area contributed by atoms with Gasteiger partial charge in [0.15, 0.2) is 0 Å². The maximum atomic E-state index is 12.2. The lowest BCUT2D eigenvalue weighted by Gasteiger charge is -2.32. The Morgan fingerprint density at radius 3 is 2.52 bits per heavy atom. The van der Waals surface area contributed by atoms with Crippen molar-refractivity contribution >= 4 is 18.9 Å². The second-order valence-electron chi connectivity index (χ2n) is 7.79. The van der Waals surface area contributed by atoms with Crippen molar-refractivity contribution in [2.75, 3.05) is 13.1 Å². The fraction of sp³-hybridized carbons (Fsp3) is 0.571. The number of likely N-dealkylation sites (tertiary alicyclic amines) is 1. The van der Waals surface area contributed by atoms with E-state index in [9.17, 15) is 19.6 Å². The second-order valence-corrected chi connectivity index (χ2v) is 7.79. The van der Waals surface area contributed by atoms with Gasteiger partial charge in [-0.15, -0.1) is 0 Å². The van der Waals surface area contributed by atoms with E-state index in [0.29, 0.717) is 31.8 Å². The molecule has 0 radical (unpaired) electrons. The van der Waals surface area contributed by atoms with Gasteiger partial charge in [0.2, 0.25) is 11.8 Å². The molecule has 156 valence electrons. The minimum absolute atomic E-state index is 0.0997. The van der Waals surface area contributed by atoms with Crippen LogP contribution < -0.4 is 5.32 Å². The monoisotopic (exact) mass is 399 g/mol. The highest BCUT2D eigenvalue weighted by molar-refractivity contribution is 6.43. The smallest absolute Gasteiger partial charge is 0.426 e. The summed E-state index contributed by atoms with van der Waals surface area (Å²) in [4.78, 5) is 26.0. The summed E-state index contributed by atoms with van der Waals surface area (Å²) in [6.07, 6.45) is 4.09. The zero-order chi connectivity index (χ0) is 21.2. The van der Waals surface area contributed by atoms with E-state index in [1.165, 1.54) is 0 Å². The fourth-order valence-corrected chi connectivity index (χ4v) is 3.70. The van der Waals surface area contributed by atoms with E-state index >= 15 is 0 Å². The van der Waals surface area contributed by atoms with Gasteiger partial charge in [0.1, 0.15) is 5.92 Å². The number of benzene rings is 1. The maximum Gasteiger partial charge on any atom is 0.475 e. The summed E-state index contributed by atoms with van der Waals surface area (Å²) in [7, 11) is -1.61. The summed E-state index contributed by atoms with van der Waals surface area (Å²) in [5, 5.41) is 30.7. The SMILES string of the molecule is CC(C#N)C(=O)N1CCC(CCCC(=O)NC(Cc2ccccc2)B(O)O)CC1. The van der Waals surface area contributed by atoms with Crippen molar-refractivity contribution in [2.24, 2.45) is 11.8 Å². The topological polar surface area (TPSA) is 114 Å². The number of piperidine rings is 1. The van der Waals surface area contributed by atoms with Crippen molar-refractivity contribution in [3.05, 3.63) is 35.9 Å². The lowest BCUT2D eigenvalue weighted by Crippen LogP contribution is -2.47. The molecule has 7 nitrogen and oxygen atoms in total. The van der Waals surface area contributed by atoms with E-state index in [4.69, 9.17) is 5.26 Å². The predicted molar refractivity (Wildman–Crippen MR) is 110 cm³/mol. The second kappa shape index (κ2) is 11.6. The number of hydrogen-bond acceptors (Lipinski definition) is 5. The van der Waals surface area contributed by atoms with Crippen LogP contribution in [-0.4, -0.2) is 52.9 Å². The molecule has 8 heteroatoms. The Kier molecular flexibility index (Phi) is 9.16. The Morgan fingerprint density at radius 1 is 1.28 bits per heavy atom. The molecule has 29 heavy (non-hydrogen) atoms. The number of amides is 2. The molecule has 0 spiro atoms. The van der Waals surface area contributed by atoms with Crippen LogP contribution in [0.4, 0.5) is 0 Å². The Labute approximate surface area is 172 Å². The van der Waals surface area contributed by atoms with Crippen molar-refractivity contribution in [3.63, 3.8) is 0 Å². The molecular weight excluding hydrogens is 369 g/mol. The quantitative estimate of drug-likeness (QED) is 0.542. The maximum absolute atomic E-state index is 12.2. The van der Waals surface area contributed by atoms with Crippen LogP contribution in [0.15, 0.2) is 30.3 Å². The third-order valence-electron chi connectivity index (χ3n) is 5.51. The van der Waals surface area contributed by atoms with Crippen LogP contribution in [0.25, 0.3) is 0 Å². The number of carbonyl (C=O) groups excluding carboxylic acids is 2. The molecule has 1 aromatic carbocycles. The first-order chi connectivity index (χ1) is 13.9. The van der Waals surface area contributed by atoms with Crippen LogP contribution in [0, 0.1) is 23.2 Å². The summed E-state index contributed by atoms with van der Waals surface area (Å²) in [5.74, 6) is -1.15. The van der Waals surface area contributed by atoms with Gasteiger partial charge in [0.05, 0.1) is 12.0 Å². The summed E-state index contributed by atoms with van der Waals surface area (Å²) in [6, 6.07) is 11.4. The van der Waals surface area contributed by atoms with Crippen molar-refractivity contribution in [1.29, 1.82) is 5.26 Å². The van der Waals surface area contributed by atoms with Gasteiger partial charge in [-0.05, 0) is 50.5 Å². The summed E-state index contributed by atoms with van der Waals surface area (Å²) in [5.41, 5.74) is 0.929. The summed E-state index contributed by atoms with van der Waals surface area (Å²) in [6.45, 7) is 2.95. The van der Waals surface area contributed by atoms with Crippen molar-refractivity contribution in [1.82, 2.24) is 10.2 Å². The standard InChI is InChI=1S/C21H30BN3O4/c1-16(15-23)21(27)25-12-10-17(11-13-25)8-5-9-20(26)24-19(22(28)29)14-18-6-3-2-4-7-18/h2-4,6-7,16-17,19,28-29H,5,8-14H2,1H3,(H,24,26). The predicted octanol–water partition coefficient (Wildman–Crippen LogP) is 1.29. The first-order valence-corrected chi connectivity index (χ1v) is 10.3. The van der Waals surface area contributed by atoms with Gasteiger partial charge in [-0.1, -0.05) is 30.3 Å². The zero-order valence-corrected chi connectivity index (χ0v) is 17.0. The van der Waals surface area contributed by atoms with E-state index in [2.05, 4.69) is 5.32 Å². The highest BCUT2D eigenvalue weighted by Gasteiger charge is 2.27. The molecule has 1 aromatic rings. The average molecular weight is 399 g/mol. The molecule has 0 bridgehead atoms. The number of carbonyl (C=O) groups is 2. The Balaban J connectivity index is 1.69. The van der Waals surface area contributed by atoms with E-state index in [1.54, 1.807) is 11.8 Å². The zero-order valence-electron chi connectivity index (χ0n) is 17.0. The van der Waals surface area contributed by atoms with Gasteiger partial charge in [0.25, 0.3) is 0 Å². The fourth-order valence-electron chi connectivity index (χ4n) is 3.70.